The Morgan fingerprint density at radius 1 is 1.18 bits per heavy atom. The second-order valence-corrected chi connectivity index (χ2v) is 6.35. The number of halogens is 2. The van der Waals surface area contributed by atoms with Crippen LogP contribution < -0.4 is 4.74 Å². The Hall–Kier alpha value is -2.86. The third kappa shape index (κ3) is 6.70. The predicted octanol–water partition coefficient (Wildman–Crippen LogP) is 4.09. The molecule has 0 heterocycles. The third-order valence-corrected chi connectivity index (χ3v) is 4.06. The van der Waals surface area contributed by atoms with Gasteiger partial charge in [-0.15, -0.1) is 0 Å². The van der Waals surface area contributed by atoms with Crippen LogP contribution in [0.2, 0.25) is 5.02 Å². The maximum atomic E-state index is 13.1. The van der Waals surface area contributed by atoms with E-state index in [4.69, 9.17) is 21.1 Å². The van der Waals surface area contributed by atoms with Crippen molar-refractivity contribution in [1.29, 1.82) is 0 Å². The van der Waals surface area contributed by atoms with E-state index in [1.807, 2.05) is 31.2 Å². The largest absolute Gasteiger partial charge is 0.494 e. The summed E-state index contributed by atoms with van der Waals surface area (Å²) in [6, 6.07) is 11.5. The number of esters is 1. The second-order valence-electron chi connectivity index (χ2n) is 5.94. The van der Waals surface area contributed by atoms with E-state index >= 15 is 0 Å². The number of benzene rings is 2. The van der Waals surface area contributed by atoms with E-state index < -0.39 is 11.8 Å². The molecule has 0 unspecified atom stereocenters. The zero-order valence-electron chi connectivity index (χ0n) is 15.7. The number of ether oxygens (including phenoxy) is 2. The van der Waals surface area contributed by atoms with Crippen LogP contribution >= 0.6 is 11.6 Å². The molecule has 0 spiro atoms. The van der Waals surface area contributed by atoms with Gasteiger partial charge in [0.1, 0.15) is 11.6 Å². The molecule has 148 valence electrons. The normalized spacial score (nSPS) is 10.7. The van der Waals surface area contributed by atoms with Gasteiger partial charge in [-0.05, 0) is 48.4 Å². The van der Waals surface area contributed by atoms with Gasteiger partial charge in [0, 0.05) is 19.7 Å². The summed E-state index contributed by atoms with van der Waals surface area (Å²) in [5.74, 6) is -0.783. The molecule has 7 heteroatoms. The molecular formula is C21H21ClFNO4. The van der Waals surface area contributed by atoms with E-state index in [1.165, 1.54) is 29.2 Å². The van der Waals surface area contributed by atoms with Crippen LogP contribution in [0.3, 0.4) is 0 Å². The molecule has 0 saturated carbocycles. The molecular weight excluding hydrogens is 385 g/mol. The van der Waals surface area contributed by atoms with Crippen molar-refractivity contribution in [3.63, 3.8) is 0 Å². The zero-order valence-corrected chi connectivity index (χ0v) is 16.4. The molecule has 2 aromatic rings. The molecule has 0 aliphatic heterocycles. The Bertz CT molecular complexity index is 852. The fraction of sp³-hybridized carbons (Fsp3) is 0.238. The van der Waals surface area contributed by atoms with Gasteiger partial charge in [0.2, 0.25) is 0 Å². The molecule has 0 aromatic heterocycles. The van der Waals surface area contributed by atoms with E-state index in [1.54, 1.807) is 7.05 Å². The van der Waals surface area contributed by atoms with Gasteiger partial charge in [-0.3, -0.25) is 4.79 Å². The molecule has 0 atom stereocenters. The Morgan fingerprint density at radius 2 is 1.89 bits per heavy atom. The van der Waals surface area contributed by atoms with Crippen molar-refractivity contribution in [3.05, 3.63) is 70.5 Å². The molecule has 2 rings (SSSR count). The molecule has 0 bridgehead atoms. The van der Waals surface area contributed by atoms with Crippen molar-refractivity contribution < 1.29 is 23.5 Å². The van der Waals surface area contributed by atoms with Crippen LogP contribution in [0.25, 0.3) is 6.08 Å². The molecule has 0 N–H and O–H groups in total. The summed E-state index contributed by atoms with van der Waals surface area (Å²) >= 11 is 5.68. The van der Waals surface area contributed by atoms with Crippen LogP contribution in [-0.2, 0) is 20.9 Å². The van der Waals surface area contributed by atoms with Crippen LogP contribution in [0.1, 0.15) is 18.1 Å². The van der Waals surface area contributed by atoms with Crippen LogP contribution in [0, 0.1) is 5.82 Å². The summed E-state index contributed by atoms with van der Waals surface area (Å²) in [5, 5.41) is -0.0402. The van der Waals surface area contributed by atoms with Gasteiger partial charge in [0.15, 0.2) is 6.61 Å². The summed E-state index contributed by atoms with van der Waals surface area (Å²) in [6.45, 7) is 2.50. The quantitative estimate of drug-likeness (QED) is 0.490. The summed E-state index contributed by atoms with van der Waals surface area (Å²) in [4.78, 5) is 25.3. The van der Waals surface area contributed by atoms with Crippen molar-refractivity contribution >= 4 is 29.6 Å². The minimum Gasteiger partial charge on any atom is -0.494 e. The SMILES string of the molecule is CCOc1ccc(CN(C)C(=O)COC(=O)/C=C/c2ccc(F)c(Cl)c2)cc1. The standard InChI is InChI=1S/C21H21ClFNO4/c1-3-27-17-8-4-16(5-9-17)13-24(2)20(25)14-28-21(26)11-7-15-6-10-19(23)18(22)12-15/h4-12H,3,13-14H2,1-2H3/b11-7+. The first-order valence-corrected chi connectivity index (χ1v) is 9.02. The number of carbonyl (C=O) groups excluding carboxylic acids is 2. The van der Waals surface area contributed by atoms with Crippen LogP contribution in [-0.4, -0.2) is 37.0 Å². The fourth-order valence-electron chi connectivity index (χ4n) is 2.29. The van der Waals surface area contributed by atoms with E-state index in [9.17, 15) is 14.0 Å². The lowest BCUT2D eigenvalue weighted by atomic mass is 10.2. The van der Waals surface area contributed by atoms with Crippen LogP contribution in [0.5, 0.6) is 5.75 Å². The highest BCUT2D eigenvalue weighted by Gasteiger charge is 2.11. The summed E-state index contributed by atoms with van der Waals surface area (Å²) in [5.41, 5.74) is 1.47. The number of nitrogens with zero attached hydrogens (tertiary/aromatic N) is 1. The minimum atomic E-state index is -0.678. The van der Waals surface area contributed by atoms with Crippen LogP contribution in [0.15, 0.2) is 48.5 Å². The van der Waals surface area contributed by atoms with E-state index in [0.29, 0.717) is 18.7 Å². The lowest BCUT2D eigenvalue weighted by molar-refractivity contribution is -0.147. The second kappa shape index (κ2) is 10.5. The van der Waals surface area contributed by atoms with E-state index in [-0.39, 0.29) is 17.5 Å². The highest BCUT2D eigenvalue weighted by Crippen LogP contribution is 2.17. The fourth-order valence-corrected chi connectivity index (χ4v) is 2.48. The number of carbonyl (C=O) groups is 2. The minimum absolute atomic E-state index is 0.0402. The number of rotatable bonds is 8. The zero-order chi connectivity index (χ0) is 20.5. The van der Waals surface area contributed by atoms with Gasteiger partial charge >= 0.3 is 5.97 Å². The first-order chi connectivity index (χ1) is 13.4. The monoisotopic (exact) mass is 405 g/mol. The average molecular weight is 406 g/mol. The topological polar surface area (TPSA) is 55.8 Å². The van der Waals surface area contributed by atoms with Crippen molar-refractivity contribution in [3.8, 4) is 5.75 Å². The van der Waals surface area contributed by atoms with Gasteiger partial charge < -0.3 is 14.4 Å². The maximum Gasteiger partial charge on any atom is 0.331 e. The van der Waals surface area contributed by atoms with Gasteiger partial charge in [-0.25, -0.2) is 9.18 Å². The maximum absolute atomic E-state index is 13.1. The lowest BCUT2D eigenvalue weighted by Gasteiger charge is -2.17. The molecule has 0 fully saturated rings. The molecule has 0 aliphatic rings. The van der Waals surface area contributed by atoms with Gasteiger partial charge in [0.25, 0.3) is 5.91 Å². The van der Waals surface area contributed by atoms with Crippen LogP contribution in [0.4, 0.5) is 4.39 Å². The summed E-state index contributed by atoms with van der Waals surface area (Å²) < 4.78 is 23.4. The van der Waals surface area contributed by atoms with Crippen molar-refractivity contribution in [2.24, 2.45) is 0 Å². The van der Waals surface area contributed by atoms with Gasteiger partial charge in [-0.2, -0.15) is 0 Å². The Labute approximate surface area is 168 Å². The van der Waals surface area contributed by atoms with E-state index in [2.05, 4.69) is 0 Å². The number of amides is 1. The Kier molecular flexibility index (Phi) is 8.02. The summed E-state index contributed by atoms with van der Waals surface area (Å²) in [6.07, 6.45) is 2.59. The molecule has 0 aliphatic carbocycles. The number of hydrogen-bond donors (Lipinski definition) is 0. The third-order valence-electron chi connectivity index (χ3n) is 3.77. The average Bonchev–Trinajstić information content (AvgIpc) is 2.68. The first-order valence-electron chi connectivity index (χ1n) is 8.64. The smallest absolute Gasteiger partial charge is 0.331 e. The predicted molar refractivity (Wildman–Crippen MR) is 105 cm³/mol. The molecule has 2 aromatic carbocycles. The van der Waals surface area contributed by atoms with Gasteiger partial charge in [-0.1, -0.05) is 29.8 Å². The summed E-state index contributed by atoms with van der Waals surface area (Å²) in [7, 11) is 1.63. The Balaban J connectivity index is 1.80. The molecule has 0 saturated heterocycles. The highest BCUT2D eigenvalue weighted by atomic mass is 35.5. The molecule has 0 radical (unpaired) electrons. The number of likely N-dealkylation sites (N-methyl/N-ethyl adjacent to an activating group) is 1. The van der Waals surface area contributed by atoms with Crippen molar-refractivity contribution in [2.75, 3.05) is 20.3 Å². The lowest BCUT2D eigenvalue weighted by Crippen LogP contribution is -2.30. The first kappa shape index (κ1) is 21.4. The van der Waals surface area contributed by atoms with E-state index in [0.717, 1.165) is 17.4 Å². The van der Waals surface area contributed by atoms with Gasteiger partial charge in [0.05, 0.1) is 11.6 Å². The molecule has 1 amide bonds. The van der Waals surface area contributed by atoms with Crippen molar-refractivity contribution in [1.82, 2.24) is 4.90 Å². The molecule has 5 nitrogen and oxygen atoms in total. The highest BCUT2D eigenvalue weighted by molar-refractivity contribution is 6.30. The number of hydrogen-bond acceptors (Lipinski definition) is 4. The van der Waals surface area contributed by atoms with Crippen molar-refractivity contribution in [2.45, 2.75) is 13.5 Å². The molecule has 28 heavy (non-hydrogen) atoms. The Morgan fingerprint density at radius 3 is 2.54 bits per heavy atom.